The van der Waals surface area contributed by atoms with Gasteiger partial charge in [0.05, 0.1) is 6.54 Å². The molecule has 0 radical (unpaired) electrons. The highest BCUT2D eigenvalue weighted by Gasteiger charge is 2.02. The third kappa shape index (κ3) is 2.38. The monoisotopic (exact) mass is 232 g/mol. The third-order valence-electron chi connectivity index (χ3n) is 2.44. The van der Waals surface area contributed by atoms with E-state index in [4.69, 9.17) is 11.6 Å². The first-order chi connectivity index (χ1) is 7.81. The molecule has 0 unspecified atom stereocenters. The normalized spacial score (nSPS) is 10.1. The minimum atomic E-state index is 0.719. The smallest absolute Gasteiger partial charge is 0.0579 e. The van der Waals surface area contributed by atoms with E-state index in [2.05, 4.69) is 22.1 Å². The van der Waals surface area contributed by atoms with Crippen molar-refractivity contribution < 1.29 is 0 Å². The number of aromatic nitrogens is 1. The van der Waals surface area contributed by atoms with Crippen LogP contribution in [0.4, 0.5) is 0 Å². The van der Waals surface area contributed by atoms with Crippen molar-refractivity contribution in [1.82, 2.24) is 10.3 Å². The van der Waals surface area contributed by atoms with Crippen LogP contribution in [0.3, 0.4) is 0 Å². The Hall–Kier alpha value is -1.43. The van der Waals surface area contributed by atoms with Gasteiger partial charge in [0.1, 0.15) is 0 Å². The lowest BCUT2D eigenvalue weighted by Crippen LogP contribution is -2.12. The van der Waals surface area contributed by atoms with E-state index in [0.717, 1.165) is 23.6 Å². The van der Waals surface area contributed by atoms with Crippen LogP contribution in [-0.2, 0) is 6.54 Å². The second-order valence-corrected chi connectivity index (χ2v) is 3.97. The Morgan fingerprint density at radius 2 is 2.31 bits per heavy atom. The van der Waals surface area contributed by atoms with Crippen LogP contribution in [0.5, 0.6) is 0 Å². The van der Waals surface area contributed by atoms with Gasteiger partial charge in [-0.1, -0.05) is 23.6 Å². The topological polar surface area (TPSA) is 27.8 Å². The molecule has 1 aromatic carbocycles. The molecule has 0 atom stereocenters. The molecule has 0 amide bonds. The fourth-order valence-corrected chi connectivity index (χ4v) is 1.82. The van der Waals surface area contributed by atoms with Crippen LogP contribution in [0, 0.1) is 11.8 Å². The van der Waals surface area contributed by atoms with E-state index in [1.807, 2.05) is 31.3 Å². The Bertz CT molecular complexity index is 546. The van der Waals surface area contributed by atoms with E-state index in [1.165, 1.54) is 10.9 Å². The fourth-order valence-electron chi connectivity index (χ4n) is 1.65. The van der Waals surface area contributed by atoms with Gasteiger partial charge in [-0.25, -0.2) is 0 Å². The molecule has 0 saturated carbocycles. The molecule has 0 aliphatic heterocycles. The number of fused-ring (bicyclic) bond motifs is 1. The number of halogens is 1. The van der Waals surface area contributed by atoms with Crippen molar-refractivity contribution in [1.29, 1.82) is 0 Å². The summed E-state index contributed by atoms with van der Waals surface area (Å²) < 4.78 is 0. The lowest BCUT2D eigenvalue weighted by molar-refractivity contribution is 0.774. The van der Waals surface area contributed by atoms with Crippen LogP contribution in [-0.4, -0.2) is 11.5 Å². The van der Waals surface area contributed by atoms with Gasteiger partial charge in [0.25, 0.3) is 0 Å². The molecule has 0 bridgehead atoms. The summed E-state index contributed by atoms with van der Waals surface area (Å²) in [6.45, 7) is 3.38. The first kappa shape index (κ1) is 11.1. The van der Waals surface area contributed by atoms with E-state index in [1.54, 1.807) is 0 Å². The molecule has 0 aliphatic rings. The molecule has 0 spiro atoms. The number of nitrogens with one attached hydrogen (secondary N) is 2. The summed E-state index contributed by atoms with van der Waals surface area (Å²) in [7, 11) is 0. The molecule has 2 aromatic rings. The predicted octanol–water partition coefficient (Wildman–Crippen LogP) is 2.93. The quantitative estimate of drug-likeness (QED) is 0.618. The maximum Gasteiger partial charge on any atom is 0.0579 e. The van der Waals surface area contributed by atoms with Gasteiger partial charge in [0.2, 0.25) is 0 Å². The maximum absolute atomic E-state index is 5.92. The molecule has 2 N–H and O–H groups in total. The van der Waals surface area contributed by atoms with Crippen LogP contribution in [0.1, 0.15) is 12.5 Å². The third-order valence-corrected chi connectivity index (χ3v) is 2.67. The number of H-pyrrole nitrogens is 1. The van der Waals surface area contributed by atoms with Crippen LogP contribution in [0.2, 0.25) is 5.02 Å². The first-order valence-corrected chi connectivity index (χ1v) is 5.55. The Balaban J connectivity index is 2.14. The van der Waals surface area contributed by atoms with Crippen molar-refractivity contribution in [3.8, 4) is 11.8 Å². The van der Waals surface area contributed by atoms with Crippen molar-refractivity contribution in [2.45, 2.75) is 13.5 Å². The molecule has 0 saturated heterocycles. The van der Waals surface area contributed by atoms with E-state index < -0.39 is 0 Å². The largest absolute Gasteiger partial charge is 0.361 e. The van der Waals surface area contributed by atoms with E-state index in [0.29, 0.717) is 0 Å². The molecular weight excluding hydrogens is 220 g/mol. The molecule has 1 heterocycles. The Labute approximate surface area is 100.0 Å². The minimum absolute atomic E-state index is 0.719. The SMILES string of the molecule is CC#CCNCc1c[nH]c2cc(Cl)ccc12. The van der Waals surface area contributed by atoms with Crippen LogP contribution in [0.15, 0.2) is 24.4 Å². The molecule has 16 heavy (non-hydrogen) atoms. The van der Waals surface area contributed by atoms with E-state index in [9.17, 15) is 0 Å². The van der Waals surface area contributed by atoms with Crippen molar-refractivity contribution in [2.75, 3.05) is 6.54 Å². The molecule has 3 heteroatoms. The van der Waals surface area contributed by atoms with E-state index >= 15 is 0 Å². The summed E-state index contributed by atoms with van der Waals surface area (Å²) in [5.74, 6) is 5.83. The van der Waals surface area contributed by atoms with Gasteiger partial charge in [-0.15, -0.1) is 5.92 Å². The second kappa shape index (κ2) is 5.07. The van der Waals surface area contributed by atoms with Gasteiger partial charge in [0.15, 0.2) is 0 Å². The summed E-state index contributed by atoms with van der Waals surface area (Å²) >= 11 is 5.92. The second-order valence-electron chi connectivity index (χ2n) is 3.53. The molecule has 0 aliphatic carbocycles. The number of hydrogen-bond donors (Lipinski definition) is 2. The minimum Gasteiger partial charge on any atom is -0.361 e. The molecule has 0 fully saturated rings. The van der Waals surface area contributed by atoms with E-state index in [-0.39, 0.29) is 0 Å². The van der Waals surface area contributed by atoms with Gasteiger partial charge in [0, 0.05) is 28.7 Å². The molecule has 2 nitrogen and oxygen atoms in total. The zero-order valence-electron chi connectivity index (χ0n) is 9.10. The van der Waals surface area contributed by atoms with Crippen LogP contribution >= 0.6 is 11.6 Å². The standard InChI is InChI=1S/C13H13ClN2/c1-2-3-6-15-8-10-9-16-13-7-11(14)4-5-12(10)13/h4-5,7,9,15-16H,6,8H2,1H3. The highest BCUT2D eigenvalue weighted by Crippen LogP contribution is 2.21. The Morgan fingerprint density at radius 1 is 1.44 bits per heavy atom. The Morgan fingerprint density at radius 3 is 3.12 bits per heavy atom. The summed E-state index contributed by atoms with van der Waals surface area (Å²) in [6, 6.07) is 5.88. The van der Waals surface area contributed by atoms with Gasteiger partial charge in [-0.05, 0) is 24.6 Å². The number of aromatic amines is 1. The maximum atomic E-state index is 5.92. The summed E-state index contributed by atoms with van der Waals surface area (Å²) in [4.78, 5) is 3.21. The predicted molar refractivity (Wildman–Crippen MR) is 68.5 cm³/mol. The first-order valence-electron chi connectivity index (χ1n) is 5.17. The highest BCUT2D eigenvalue weighted by molar-refractivity contribution is 6.31. The van der Waals surface area contributed by atoms with Crippen molar-refractivity contribution in [3.05, 3.63) is 35.0 Å². The Kier molecular flexibility index (Phi) is 3.51. The number of hydrogen-bond acceptors (Lipinski definition) is 1. The zero-order chi connectivity index (χ0) is 11.4. The average molecular weight is 233 g/mol. The van der Waals surface area contributed by atoms with Crippen LogP contribution < -0.4 is 5.32 Å². The summed E-state index contributed by atoms with van der Waals surface area (Å²) in [5.41, 5.74) is 2.32. The number of benzene rings is 1. The molecular formula is C13H13ClN2. The average Bonchev–Trinajstić information content (AvgIpc) is 2.67. The number of rotatable bonds is 3. The van der Waals surface area contributed by atoms with Crippen molar-refractivity contribution in [3.63, 3.8) is 0 Å². The molecule has 1 aromatic heterocycles. The van der Waals surface area contributed by atoms with Gasteiger partial charge in [-0.3, -0.25) is 0 Å². The van der Waals surface area contributed by atoms with Crippen LogP contribution in [0.25, 0.3) is 10.9 Å². The van der Waals surface area contributed by atoms with Gasteiger partial charge < -0.3 is 10.3 Å². The van der Waals surface area contributed by atoms with Crippen molar-refractivity contribution >= 4 is 22.5 Å². The highest BCUT2D eigenvalue weighted by atomic mass is 35.5. The fraction of sp³-hybridized carbons (Fsp3) is 0.231. The summed E-state index contributed by atoms with van der Waals surface area (Å²) in [5, 5.41) is 5.23. The lowest BCUT2D eigenvalue weighted by Gasteiger charge is -1.99. The zero-order valence-corrected chi connectivity index (χ0v) is 9.86. The van der Waals surface area contributed by atoms with Gasteiger partial charge in [-0.2, -0.15) is 0 Å². The molecule has 82 valence electrons. The summed E-state index contributed by atoms with van der Waals surface area (Å²) in [6.07, 6.45) is 2.01. The lowest BCUT2D eigenvalue weighted by atomic mass is 10.2. The molecule has 2 rings (SSSR count). The van der Waals surface area contributed by atoms with Crippen molar-refractivity contribution in [2.24, 2.45) is 0 Å². The van der Waals surface area contributed by atoms with Gasteiger partial charge >= 0.3 is 0 Å².